The first-order chi connectivity index (χ1) is 10.0. The van der Waals surface area contributed by atoms with Gasteiger partial charge in [-0.1, -0.05) is 18.2 Å². The van der Waals surface area contributed by atoms with Crippen molar-refractivity contribution in [3.8, 4) is 0 Å². The van der Waals surface area contributed by atoms with Crippen LogP contribution in [-0.2, 0) is 13.5 Å². The molecule has 0 radical (unpaired) electrons. The van der Waals surface area contributed by atoms with Crippen LogP contribution in [0, 0.1) is 0 Å². The van der Waals surface area contributed by atoms with Gasteiger partial charge >= 0.3 is 5.97 Å². The molecule has 0 saturated carbocycles. The zero-order valence-corrected chi connectivity index (χ0v) is 11.7. The van der Waals surface area contributed by atoms with E-state index in [2.05, 4.69) is 0 Å². The van der Waals surface area contributed by atoms with Gasteiger partial charge in [-0.15, -0.1) is 0 Å². The third kappa shape index (κ3) is 2.61. The average molecular weight is 285 g/mol. The maximum Gasteiger partial charge on any atom is 0.335 e. The molecule has 0 spiro atoms. The van der Waals surface area contributed by atoms with Crippen LogP contribution in [0.2, 0.25) is 0 Å². The molecule has 4 heteroatoms. The molecule has 0 fully saturated rings. The number of nitrogens with zero attached hydrogens (tertiary/aromatic N) is 1. The average Bonchev–Trinajstić information content (AvgIpc) is 2.75. The molecule has 2 aromatic rings. The number of benzene rings is 1. The summed E-state index contributed by atoms with van der Waals surface area (Å²) in [6.07, 6.45) is 7.64. The number of allylic oxidation sites excluding steroid dienone is 4. The van der Waals surface area contributed by atoms with Crippen LogP contribution in [0.4, 0.5) is 4.39 Å². The summed E-state index contributed by atoms with van der Waals surface area (Å²) < 4.78 is 15.3. The summed E-state index contributed by atoms with van der Waals surface area (Å²) in [5, 5.41) is 10.1. The lowest BCUT2D eigenvalue weighted by atomic mass is 9.98. The topological polar surface area (TPSA) is 42.2 Å². The van der Waals surface area contributed by atoms with E-state index in [1.54, 1.807) is 18.2 Å². The minimum absolute atomic E-state index is 0.274. The number of carboxylic acid groups (broad SMARTS) is 1. The molecular formula is C17H16FNO2. The number of aromatic carboxylic acids is 1. The number of hydrogen-bond acceptors (Lipinski definition) is 1. The van der Waals surface area contributed by atoms with E-state index in [9.17, 15) is 9.18 Å². The highest BCUT2D eigenvalue weighted by Gasteiger charge is 2.13. The molecule has 0 aliphatic heterocycles. The van der Waals surface area contributed by atoms with Crippen molar-refractivity contribution >= 4 is 16.9 Å². The molecule has 21 heavy (non-hydrogen) atoms. The monoisotopic (exact) mass is 285 g/mol. The molecule has 1 heterocycles. The number of hydrogen-bond donors (Lipinski definition) is 1. The van der Waals surface area contributed by atoms with E-state index >= 15 is 0 Å². The van der Waals surface area contributed by atoms with Gasteiger partial charge in [0.15, 0.2) is 0 Å². The number of aromatic nitrogens is 1. The van der Waals surface area contributed by atoms with Crippen LogP contribution >= 0.6 is 0 Å². The molecule has 0 saturated heterocycles. The van der Waals surface area contributed by atoms with Gasteiger partial charge in [-0.05, 0) is 35.8 Å². The van der Waals surface area contributed by atoms with Crippen molar-refractivity contribution in [1.29, 1.82) is 0 Å². The minimum Gasteiger partial charge on any atom is -0.478 e. The first-order valence-electron chi connectivity index (χ1n) is 6.87. The lowest BCUT2D eigenvalue weighted by molar-refractivity contribution is 0.0697. The second-order valence-corrected chi connectivity index (χ2v) is 5.37. The second kappa shape index (κ2) is 5.20. The Morgan fingerprint density at radius 2 is 2.29 bits per heavy atom. The van der Waals surface area contributed by atoms with Crippen molar-refractivity contribution in [2.45, 2.75) is 19.0 Å². The lowest BCUT2D eigenvalue weighted by Crippen LogP contribution is -2.01. The summed E-state index contributed by atoms with van der Waals surface area (Å²) in [7, 11) is 1.89. The second-order valence-electron chi connectivity index (χ2n) is 5.37. The van der Waals surface area contributed by atoms with Crippen LogP contribution in [0.1, 0.15) is 22.3 Å². The standard InChI is InChI=1S/C17H16FNO2/c1-19-10-13(7-11-3-2-4-14(18)8-11)15-6-5-12(17(20)21)9-16(15)19/h2-3,5-6,8-10,14H,4,7H2,1H3,(H,20,21). The normalized spacial score (nSPS) is 18.0. The molecule has 1 aromatic heterocycles. The van der Waals surface area contributed by atoms with Gasteiger partial charge in [0.2, 0.25) is 0 Å². The molecule has 1 unspecified atom stereocenters. The number of alkyl halides is 1. The Morgan fingerprint density at radius 3 is 3.00 bits per heavy atom. The van der Waals surface area contributed by atoms with Crippen LogP contribution in [0.5, 0.6) is 0 Å². The predicted octanol–water partition coefficient (Wildman–Crippen LogP) is 3.64. The summed E-state index contributed by atoms with van der Waals surface area (Å²) in [5.74, 6) is -0.933. The molecule has 0 amide bonds. The predicted molar refractivity (Wildman–Crippen MR) is 80.3 cm³/mol. The SMILES string of the molecule is Cn1cc(CC2=CC(F)CC=C2)c2ccc(C(=O)O)cc21. The Kier molecular flexibility index (Phi) is 3.37. The van der Waals surface area contributed by atoms with Crippen molar-refractivity contribution in [2.75, 3.05) is 0 Å². The van der Waals surface area contributed by atoms with Gasteiger partial charge in [-0.25, -0.2) is 9.18 Å². The zero-order chi connectivity index (χ0) is 15.0. The summed E-state index contributed by atoms with van der Waals surface area (Å²) >= 11 is 0. The molecule has 1 atom stereocenters. The molecule has 1 aromatic carbocycles. The van der Waals surface area contributed by atoms with E-state index in [1.165, 1.54) is 0 Å². The van der Waals surface area contributed by atoms with Crippen LogP contribution in [0.15, 0.2) is 48.2 Å². The molecular weight excluding hydrogens is 269 g/mol. The van der Waals surface area contributed by atoms with Crippen molar-refractivity contribution < 1.29 is 14.3 Å². The van der Waals surface area contributed by atoms with E-state index in [-0.39, 0.29) is 5.56 Å². The number of carbonyl (C=O) groups is 1. The van der Waals surface area contributed by atoms with Crippen molar-refractivity contribution in [3.63, 3.8) is 0 Å². The van der Waals surface area contributed by atoms with Gasteiger partial charge in [-0.3, -0.25) is 0 Å². The van der Waals surface area contributed by atoms with Crippen LogP contribution in [0.3, 0.4) is 0 Å². The Labute approximate surface area is 122 Å². The Bertz CT molecular complexity index is 770. The fourth-order valence-electron chi connectivity index (χ4n) is 2.78. The summed E-state index contributed by atoms with van der Waals surface area (Å²) in [6.45, 7) is 0. The molecule has 1 aliphatic rings. The zero-order valence-electron chi connectivity index (χ0n) is 11.7. The molecule has 0 bridgehead atoms. The van der Waals surface area contributed by atoms with Gasteiger partial charge < -0.3 is 9.67 Å². The van der Waals surface area contributed by atoms with E-state index in [0.29, 0.717) is 12.8 Å². The van der Waals surface area contributed by atoms with Crippen molar-refractivity contribution in [3.05, 3.63) is 59.3 Å². The maximum absolute atomic E-state index is 13.4. The number of halogens is 1. The van der Waals surface area contributed by atoms with Gasteiger partial charge in [0.25, 0.3) is 0 Å². The minimum atomic E-state index is -0.933. The fourth-order valence-corrected chi connectivity index (χ4v) is 2.78. The third-order valence-corrected chi connectivity index (χ3v) is 3.80. The quantitative estimate of drug-likeness (QED) is 0.935. The fraction of sp³-hybridized carbons (Fsp3) is 0.235. The van der Waals surface area contributed by atoms with Gasteiger partial charge in [-0.2, -0.15) is 0 Å². The third-order valence-electron chi connectivity index (χ3n) is 3.80. The number of fused-ring (bicyclic) bond motifs is 1. The number of carboxylic acids is 1. The molecule has 3 nitrogen and oxygen atoms in total. The van der Waals surface area contributed by atoms with E-state index in [1.807, 2.05) is 36.0 Å². The Balaban J connectivity index is 2.00. The molecule has 1 aliphatic carbocycles. The number of aryl methyl sites for hydroxylation is 1. The summed E-state index contributed by atoms with van der Waals surface area (Å²) in [5.41, 5.74) is 3.19. The Hall–Kier alpha value is -2.36. The highest BCUT2D eigenvalue weighted by atomic mass is 19.1. The summed E-state index contributed by atoms with van der Waals surface area (Å²) in [4.78, 5) is 11.0. The van der Waals surface area contributed by atoms with Crippen molar-refractivity contribution in [1.82, 2.24) is 4.57 Å². The van der Waals surface area contributed by atoms with Crippen LogP contribution < -0.4 is 0 Å². The van der Waals surface area contributed by atoms with Crippen LogP contribution in [-0.4, -0.2) is 21.8 Å². The Morgan fingerprint density at radius 1 is 1.48 bits per heavy atom. The van der Waals surface area contributed by atoms with Gasteiger partial charge in [0, 0.05) is 30.6 Å². The van der Waals surface area contributed by atoms with E-state index in [4.69, 9.17) is 5.11 Å². The summed E-state index contributed by atoms with van der Waals surface area (Å²) in [6, 6.07) is 5.11. The maximum atomic E-state index is 13.4. The first kappa shape index (κ1) is 13.6. The smallest absolute Gasteiger partial charge is 0.335 e. The van der Waals surface area contributed by atoms with Crippen molar-refractivity contribution in [2.24, 2.45) is 7.05 Å². The van der Waals surface area contributed by atoms with Gasteiger partial charge in [0.1, 0.15) is 6.17 Å². The largest absolute Gasteiger partial charge is 0.478 e. The lowest BCUT2D eigenvalue weighted by Gasteiger charge is -2.09. The molecule has 108 valence electrons. The highest BCUT2D eigenvalue weighted by Crippen LogP contribution is 2.26. The van der Waals surface area contributed by atoms with Crippen LogP contribution in [0.25, 0.3) is 10.9 Å². The molecule has 1 N–H and O–H groups in total. The highest BCUT2D eigenvalue weighted by molar-refractivity contribution is 5.94. The first-order valence-corrected chi connectivity index (χ1v) is 6.87. The van der Waals surface area contributed by atoms with E-state index in [0.717, 1.165) is 22.0 Å². The van der Waals surface area contributed by atoms with E-state index < -0.39 is 12.1 Å². The van der Waals surface area contributed by atoms with Gasteiger partial charge in [0.05, 0.1) is 5.56 Å². The number of rotatable bonds is 3. The molecule has 3 rings (SSSR count).